The van der Waals surface area contributed by atoms with Gasteiger partial charge in [-0.1, -0.05) is 36.4 Å². The number of hydrogen-bond acceptors (Lipinski definition) is 2. The maximum atomic E-state index is 4.03. The quantitative estimate of drug-likeness (QED) is 0.708. The van der Waals surface area contributed by atoms with Crippen molar-refractivity contribution in [3.8, 4) is 0 Å². The molecule has 3 aliphatic carbocycles. The second-order valence-electron chi connectivity index (χ2n) is 10.2. The smallest absolute Gasteiger partial charge is 0.0382 e. The van der Waals surface area contributed by atoms with Gasteiger partial charge in [-0.05, 0) is 92.7 Å². The zero-order chi connectivity index (χ0) is 18.1. The van der Waals surface area contributed by atoms with Gasteiger partial charge in [-0.25, -0.2) is 0 Å². The van der Waals surface area contributed by atoms with E-state index in [9.17, 15) is 0 Å². The molecule has 2 N–H and O–H groups in total. The number of para-hydroxylation sites is 1. The fourth-order valence-electron chi connectivity index (χ4n) is 6.76. The summed E-state index contributed by atoms with van der Waals surface area (Å²) in [5.41, 5.74) is 5.54. The summed E-state index contributed by atoms with van der Waals surface area (Å²) < 4.78 is 0. The standard InChI is InChI=1S/C25H32N2/c1-17-14-20-15-19(6-7-22(20)26-17)18-8-10-25(11-9-18)16-24(12-13-24)21-4-2-3-5-23(21)27-25/h2-7,15,17-18,20,22,26-27H,8-14,16H2,1H3. The van der Waals surface area contributed by atoms with Gasteiger partial charge in [0, 0.05) is 23.3 Å². The predicted octanol–water partition coefficient (Wildman–Crippen LogP) is 5.33. The summed E-state index contributed by atoms with van der Waals surface area (Å²) in [5.74, 6) is 1.50. The first-order chi connectivity index (χ1) is 13.1. The average Bonchev–Trinajstić information content (AvgIpc) is 3.32. The van der Waals surface area contributed by atoms with Crippen molar-refractivity contribution in [2.24, 2.45) is 11.8 Å². The van der Waals surface area contributed by atoms with E-state index in [4.69, 9.17) is 0 Å². The Bertz CT molecular complexity index is 807. The summed E-state index contributed by atoms with van der Waals surface area (Å²) in [6.45, 7) is 2.32. The summed E-state index contributed by atoms with van der Waals surface area (Å²) in [5, 5.41) is 7.74. The molecule has 1 aromatic rings. The van der Waals surface area contributed by atoms with Crippen molar-refractivity contribution in [3.05, 3.63) is 53.6 Å². The van der Waals surface area contributed by atoms with Crippen LogP contribution in [0.2, 0.25) is 0 Å². The Labute approximate surface area is 163 Å². The van der Waals surface area contributed by atoms with Crippen LogP contribution in [0.5, 0.6) is 0 Å². The minimum Gasteiger partial charge on any atom is -0.379 e. The van der Waals surface area contributed by atoms with Gasteiger partial charge in [0.15, 0.2) is 0 Å². The van der Waals surface area contributed by atoms with Crippen molar-refractivity contribution in [2.75, 3.05) is 5.32 Å². The van der Waals surface area contributed by atoms with Gasteiger partial charge in [0.25, 0.3) is 0 Å². The van der Waals surface area contributed by atoms with Gasteiger partial charge in [-0.2, -0.15) is 0 Å². The zero-order valence-electron chi connectivity index (χ0n) is 16.5. The van der Waals surface area contributed by atoms with E-state index in [2.05, 4.69) is 60.1 Å². The first kappa shape index (κ1) is 16.4. The van der Waals surface area contributed by atoms with E-state index < -0.39 is 0 Å². The molecule has 1 saturated heterocycles. The highest BCUT2D eigenvalue weighted by molar-refractivity contribution is 5.61. The highest BCUT2D eigenvalue weighted by atomic mass is 15.0. The van der Waals surface area contributed by atoms with Gasteiger partial charge in [0.1, 0.15) is 0 Å². The second kappa shape index (κ2) is 5.73. The third-order valence-corrected chi connectivity index (χ3v) is 8.31. The maximum Gasteiger partial charge on any atom is 0.0382 e. The Kier molecular flexibility index (Phi) is 3.49. The summed E-state index contributed by atoms with van der Waals surface area (Å²) in [4.78, 5) is 0. The van der Waals surface area contributed by atoms with Crippen LogP contribution in [0, 0.1) is 11.8 Å². The monoisotopic (exact) mass is 360 g/mol. The number of allylic oxidation sites excluding steroid dienone is 2. The number of rotatable bonds is 1. The minimum absolute atomic E-state index is 0.353. The van der Waals surface area contributed by atoms with Crippen LogP contribution in [-0.4, -0.2) is 17.6 Å². The minimum atomic E-state index is 0.353. The van der Waals surface area contributed by atoms with Crippen LogP contribution >= 0.6 is 0 Å². The highest BCUT2D eigenvalue weighted by Gasteiger charge is 2.54. The van der Waals surface area contributed by atoms with Crippen LogP contribution in [0.4, 0.5) is 5.69 Å². The van der Waals surface area contributed by atoms with E-state index >= 15 is 0 Å². The van der Waals surface area contributed by atoms with Gasteiger partial charge in [-0.3, -0.25) is 0 Å². The normalized spacial score (nSPS) is 41.0. The molecule has 3 atom stereocenters. The van der Waals surface area contributed by atoms with Crippen molar-refractivity contribution in [1.82, 2.24) is 5.32 Å². The molecule has 0 amide bonds. The largest absolute Gasteiger partial charge is 0.379 e. The summed E-state index contributed by atoms with van der Waals surface area (Å²) >= 11 is 0. The lowest BCUT2D eigenvalue weighted by atomic mass is 9.66. The molecule has 27 heavy (non-hydrogen) atoms. The topological polar surface area (TPSA) is 24.1 Å². The van der Waals surface area contributed by atoms with E-state index in [0.29, 0.717) is 23.0 Å². The Morgan fingerprint density at radius 1 is 1.04 bits per heavy atom. The molecule has 2 saturated carbocycles. The highest BCUT2D eigenvalue weighted by Crippen LogP contribution is 2.61. The molecule has 5 aliphatic rings. The molecule has 3 fully saturated rings. The van der Waals surface area contributed by atoms with Gasteiger partial charge in [0.05, 0.1) is 0 Å². The Hall–Kier alpha value is -1.54. The van der Waals surface area contributed by atoms with Gasteiger partial charge >= 0.3 is 0 Å². The molecule has 0 radical (unpaired) electrons. The van der Waals surface area contributed by atoms with Gasteiger partial charge in [-0.15, -0.1) is 0 Å². The average molecular weight is 361 g/mol. The molecule has 2 heterocycles. The van der Waals surface area contributed by atoms with Gasteiger partial charge in [0.2, 0.25) is 0 Å². The van der Waals surface area contributed by atoms with Crippen molar-refractivity contribution in [1.29, 1.82) is 0 Å². The zero-order valence-corrected chi connectivity index (χ0v) is 16.5. The van der Waals surface area contributed by atoms with Crippen LogP contribution < -0.4 is 10.6 Å². The van der Waals surface area contributed by atoms with Crippen LogP contribution in [0.1, 0.15) is 63.9 Å². The molecule has 2 heteroatoms. The third-order valence-electron chi connectivity index (χ3n) is 8.31. The molecule has 2 nitrogen and oxygen atoms in total. The van der Waals surface area contributed by atoms with Crippen molar-refractivity contribution in [3.63, 3.8) is 0 Å². The van der Waals surface area contributed by atoms with E-state index in [-0.39, 0.29) is 0 Å². The summed E-state index contributed by atoms with van der Waals surface area (Å²) in [7, 11) is 0. The molecule has 142 valence electrons. The second-order valence-corrected chi connectivity index (χ2v) is 10.2. The van der Waals surface area contributed by atoms with E-state index in [1.54, 1.807) is 11.1 Å². The van der Waals surface area contributed by atoms with E-state index in [0.717, 1.165) is 11.8 Å². The SMILES string of the molecule is CC1CC2C=C(C3CCC4(CC3)CC3(CC3)c3ccccc3N4)C=CC2N1. The lowest BCUT2D eigenvalue weighted by molar-refractivity contribution is 0.236. The Morgan fingerprint density at radius 3 is 2.67 bits per heavy atom. The fraction of sp³-hybridized carbons (Fsp3) is 0.600. The number of anilines is 1. The molecular formula is C25H32N2. The van der Waals surface area contributed by atoms with Crippen molar-refractivity contribution in [2.45, 2.75) is 81.3 Å². The van der Waals surface area contributed by atoms with E-state index in [1.165, 1.54) is 57.1 Å². The van der Waals surface area contributed by atoms with E-state index in [1.807, 2.05) is 0 Å². The third kappa shape index (κ3) is 2.63. The summed E-state index contributed by atoms with van der Waals surface area (Å²) in [6, 6.07) is 10.4. The predicted molar refractivity (Wildman–Crippen MR) is 112 cm³/mol. The number of nitrogens with one attached hydrogen (secondary N) is 2. The first-order valence-electron chi connectivity index (χ1n) is 11.2. The molecule has 0 bridgehead atoms. The van der Waals surface area contributed by atoms with Crippen LogP contribution in [0.25, 0.3) is 0 Å². The maximum absolute atomic E-state index is 4.03. The molecule has 0 aromatic heterocycles. The molecule has 6 rings (SSSR count). The van der Waals surface area contributed by atoms with Crippen LogP contribution in [0.3, 0.4) is 0 Å². The lowest BCUT2D eigenvalue weighted by Crippen LogP contribution is -2.48. The Morgan fingerprint density at radius 2 is 1.85 bits per heavy atom. The van der Waals surface area contributed by atoms with Crippen molar-refractivity contribution >= 4 is 5.69 Å². The molecule has 3 unspecified atom stereocenters. The van der Waals surface area contributed by atoms with Crippen molar-refractivity contribution < 1.29 is 0 Å². The van der Waals surface area contributed by atoms with Crippen LogP contribution in [0.15, 0.2) is 48.1 Å². The molecule has 1 aromatic carbocycles. The lowest BCUT2D eigenvalue weighted by Gasteiger charge is -2.48. The molecular weight excluding hydrogens is 328 g/mol. The molecule has 2 aliphatic heterocycles. The van der Waals surface area contributed by atoms with Gasteiger partial charge < -0.3 is 10.6 Å². The van der Waals surface area contributed by atoms with Crippen LogP contribution in [-0.2, 0) is 5.41 Å². The Balaban J connectivity index is 1.19. The summed E-state index contributed by atoms with van der Waals surface area (Å²) in [6.07, 6.45) is 18.4. The number of fused-ring (bicyclic) bond motifs is 3. The molecule has 2 spiro atoms. The first-order valence-corrected chi connectivity index (χ1v) is 11.2. The number of hydrogen-bond donors (Lipinski definition) is 2. The fourth-order valence-corrected chi connectivity index (χ4v) is 6.76. The number of benzene rings is 1.